The Balaban J connectivity index is 2.47. The smallest absolute Gasteiger partial charge is 0.410 e. The second kappa shape index (κ2) is 8.11. The molecule has 0 radical (unpaired) electrons. The van der Waals surface area contributed by atoms with Gasteiger partial charge >= 0.3 is 6.09 Å². The summed E-state index contributed by atoms with van der Waals surface area (Å²) in [6.07, 6.45) is 1.57. The molecule has 0 aliphatic rings. The molecule has 0 bridgehead atoms. The van der Waals surface area contributed by atoms with Crippen LogP contribution in [0.3, 0.4) is 0 Å². The average Bonchev–Trinajstić information content (AvgIpc) is 2.87. The predicted octanol–water partition coefficient (Wildman–Crippen LogP) is 3.87. The highest BCUT2D eigenvalue weighted by molar-refractivity contribution is 7.09. The van der Waals surface area contributed by atoms with E-state index in [4.69, 9.17) is 4.74 Å². The van der Waals surface area contributed by atoms with Crippen molar-refractivity contribution in [1.82, 2.24) is 15.2 Å². The summed E-state index contributed by atoms with van der Waals surface area (Å²) in [7, 11) is 0. The number of nitrogens with one attached hydrogen (secondary N) is 1. The Morgan fingerprint density at radius 3 is 2.48 bits per heavy atom. The van der Waals surface area contributed by atoms with Gasteiger partial charge in [-0.05, 0) is 41.5 Å². The molecule has 23 heavy (non-hydrogen) atoms. The molecule has 0 aliphatic heterocycles. The normalized spacial score (nSPS) is 13.7. The van der Waals surface area contributed by atoms with Crippen LogP contribution in [0.2, 0.25) is 0 Å². The first kappa shape index (κ1) is 19.9. The monoisotopic (exact) mass is 341 g/mol. The molecule has 1 aromatic heterocycles. The zero-order valence-corrected chi connectivity index (χ0v) is 16.3. The topological polar surface area (TPSA) is 54.5 Å². The summed E-state index contributed by atoms with van der Waals surface area (Å²) in [6, 6.07) is 0. The molecular formula is C17H31N3O2S. The minimum Gasteiger partial charge on any atom is -0.444 e. The zero-order chi connectivity index (χ0) is 17.7. The van der Waals surface area contributed by atoms with Gasteiger partial charge in [-0.25, -0.2) is 9.78 Å². The number of rotatable bonds is 6. The third-order valence-electron chi connectivity index (χ3n) is 3.26. The molecule has 6 heteroatoms. The molecule has 0 aromatic carbocycles. The van der Waals surface area contributed by atoms with Gasteiger partial charge in [0, 0.05) is 42.7 Å². The van der Waals surface area contributed by atoms with Gasteiger partial charge in [0.25, 0.3) is 0 Å². The second-order valence-corrected chi connectivity index (χ2v) is 8.70. The van der Waals surface area contributed by atoms with Crippen molar-refractivity contribution in [1.29, 1.82) is 0 Å². The van der Waals surface area contributed by atoms with Crippen molar-refractivity contribution in [2.24, 2.45) is 0 Å². The highest BCUT2D eigenvalue weighted by atomic mass is 32.1. The molecule has 0 aliphatic carbocycles. The van der Waals surface area contributed by atoms with Gasteiger partial charge in [0.15, 0.2) is 0 Å². The lowest BCUT2D eigenvalue weighted by molar-refractivity contribution is 0.00665. The van der Waals surface area contributed by atoms with E-state index in [1.807, 2.05) is 53.1 Å². The number of carbonyl (C=O) groups excluding carboxylic acids is 1. The Kier molecular flexibility index (Phi) is 7.02. The third-order valence-corrected chi connectivity index (χ3v) is 4.27. The van der Waals surface area contributed by atoms with E-state index in [-0.39, 0.29) is 11.6 Å². The fourth-order valence-corrected chi connectivity index (χ4v) is 2.79. The molecule has 0 spiro atoms. The van der Waals surface area contributed by atoms with Crippen molar-refractivity contribution in [3.63, 3.8) is 0 Å². The van der Waals surface area contributed by atoms with Gasteiger partial charge in [0.2, 0.25) is 0 Å². The van der Waals surface area contributed by atoms with E-state index in [1.165, 1.54) is 0 Å². The Morgan fingerprint density at radius 2 is 2.00 bits per heavy atom. The summed E-state index contributed by atoms with van der Waals surface area (Å²) < 4.78 is 5.51. The van der Waals surface area contributed by atoms with Gasteiger partial charge in [-0.2, -0.15) is 0 Å². The Hall–Kier alpha value is -1.14. The van der Waals surface area contributed by atoms with E-state index in [0.717, 1.165) is 18.1 Å². The van der Waals surface area contributed by atoms with Crippen LogP contribution in [0.4, 0.5) is 4.79 Å². The van der Waals surface area contributed by atoms with Gasteiger partial charge in [0.1, 0.15) is 5.60 Å². The third kappa shape index (κ3) is 7.31. The van der Waals surface area contributed by atoms with Crippen LogP contribution >= 0.6 is 11.3 Å². The van der Waals surface area contributed by atoms with Crippen LogP contribution in [-0.4, -0.2) is 46.8 Å². The fourth-order valence-electron chi connectivity index (χ4n) is 2.09. The van der Waals surface area contributed by atoms with E-state index < -0.39 is 5.60 Å². The van der Waals surface area contributed by atoms with Crippen LogP contribution in [0.15, 0.2) is 11.6 Å². The van der Waals surface area contributed by atoms with Crippen LogP contribution in [0.25, 0.3) is 0 Å². The molecule has 132 valence electrons. The number of hydrogen-bond acceptors (Lipinski definition) is 5. The molecule has 1 rings (SSSR count). The molecule has 0 saturated carbocycles. The second-order valence-electron chi connectivity index (χ2n) is 7.78. The fraction of sp³-hybridized carbons (Fsp3) is 0.765. The molecular weight excluding hydrogens is 310 g/mol. The first-order valence-corrected chi connectivity index (χ1v) is 8.99. The largest absolute Gasteiger partial charge is 0.444 e. The molecule has 1 amide bonds. The van der Waals surface area contributed by atoms with Gasteiger partial charge in [-0.1, -0.05) is 6.92 Å². The van der Waals surface area contributed by atoms with Gasteiger partial charge in [0.05, 0.1) is 5.01 Å². The van der Waals surface area contributed by atoms with E-state index >= 15 is 0 Å². The minimum absolute atomic E-state index is 0.264. The van der Waals surface area contributed by atoms with E-state index in [9.17, 15) is 4.79 Å². The van der Waals surface area contributed by atoms with Gasteiger partial charge < -0.3 is 15.0 Å². The maximum Gasteiger partial charge on any atom is 0.410 e. The van der Waals surface area contributed by atoms with Crippen molar-refractivity contribution < 1.29 is 9.53 Å². The maximum atomic E-state index is 12.4. The lowest BCUT2D eigenvalue weighted by Crippen LogP contribution is -2.50. The predicted molar refractivity (Wildman–Crippen MR) is 96.1 cm³/mol. The Bertz CT molecular complexity index is 475. The molecule has 1 unspecified atom stereocenters. The van der Waals surface area contributed by atoms with E-state index in [2.05, 4.69) is 17.2 Å². The molecule has 1 N–H and O–H groups in total. The van der Waals surface area contributed by atoms with Crippen molar-refractivity contribution in [2.45, 2.75) is 65.5 Å². The number of ether oxygens (including phenoxy) is 1. The number of thiazole rings is 1. The van der Waals surface area contributed by atoms with Crippen LogP contribution in [0.1, 0.15) is 59.4 Å². The molecule has 0 saturated heterocycles. The minimum atomic E-state index is -0.479. The number of amides is 1. The Labute approximate surface area is 144 Å². The standard InChI is InChI=1S/C17H31N3O2S/c1-13(14-19-9-11-23-14)12-18-8-10-20(16(2,3)4)15(21)22-17(5,6)7/h9,11,13,18H,8,10,12H2,1-7H3. The number of nitrogens with zero attached hydrogens (tertiary/aromatic N) is 2. The van der Waals surface area contributed by atoms with E-state index in [1.54, 1.807) is 16.2 Å². The molecule has 1 atom stereocenters. The Morgan fingerprint density at radius 1 is 1.35 bits per heavy atom. The first-order chi connectivity index (χ1) is 10.5. The summed E-state index contributed by atoms with van der Waals surface area (Å²) in [5.41, 5.74) is -0.752. The van der Waals surface area contributed by atoms with Crippen molar-refractivity contribution >= 4 is 17.4 Å². The van der Waals surface area contributed by atoms with Gasteiger partial charge in [-0.15, -0.1) is 11.3 Å². The average molecular weight is 342 g/mol. The lowest BCUT2D eigenvalue weighted by Gasteiger charge is -2.37. The molecule has 5 nitrogen and oxygen atoms in total. The molecule has 1 heterocycles. The number of aromatic nitrogens is 1. The summed E-state index contributed by atoms with van der Waals surface area (Å²) >= 11 is 1.68. The quantitative estimate of drug-likeness (QED) is 0.798. The van der Waals surface area contributed by atoms with Crippen molar-refractivity contribution in [3.8, 4) is 0 Å². The molecule has 0 fully saturated rings. The van der Waals surface area contributed by atoms with Crippen LogP contribution in [-0.2, 0) is 4.74 Å². The SMILES string of the molecule is CC(CNCCN(C(=O)OC(C)(C)C)C(C)(C)C)c1nccs1. The first-order valence-electron chi connectivity index (χ1n) is 8.11. The van der Waals surface area contributed by atoms with Crippen molar-refractivity contribution in [3.05, 3.63) is 16.6 Å². The van der Waals surface area contributed by atoms with Crippen LogP contribution in [0, 0.1) is 0 Å². The van der Waals surface area contributed by atoms with Crippen LogP contribution in [0.5, 0.6) is 0 Å². The summed E-state index contributed by atoms with van der Waals surface area (Å²) in [6.45, 7) is 16.1. The summed E-state index contributed by atoms with van der Waals surface area (Å²) in [4.78, 5) is 18.5. The highest BCUT2D eigenvalue weighted by Gasteiger charge is 2.30. The van der Waals surface area contributed by atoms with Crippen LogP contribution < -0.4 is 5.32 Å². The van der Waals surface area contributed by atoms with Gasteiger partial charge in [-0.3, -0.25) is 0 Å². The maximum absolute atomic E-state index is 12.4. The summed E-state index contributed by atoms with van der Waals surface area (Å²) in [5.74, 6) is 0.375. The highest BCUT2D eigenvalue weighted by Crippen LogP contribution is 2.18. The number of carbonyl (C=O) groups is 1. The zero-order valence-electron chi connectivity index (χ0n) is 15.5. The molecule has 1 aromatic rings. The van der Waals surface area contributed by atoms with Crippen molar-refractivity contribution in [2.75, 3.05) is 19.6 Å². The summed E-state index contributed by atoms with van der Waals surface area (Å²) in [5, 5.41) is 6.54. The van der Waals surface area contributed by atoms with E-state index in [0.29, 0.717) is 12.5 Å². The number of hydrogen-bond donors (Lipinski definition) is 1. The lowest BCUT2D eigenvalue weighted by atomic mass is 10.1.